The van der Waals surface area contributed by atoms with Gasteiger partial charge in [-0.2, -0.15) is 0 Å². The number of amides is 2. The summed E-state index contributed by atoms with van der Waals surface area (Å²) in [4.78, 5) is 60.8. The van der Waals surface area contributed by atoms with E-state index in [0.717, 1.165) is 6.92 Å². The van der Waals surface area contributed by atoms with Crippen LogP contribution in [0.25, 0.3) is 0 Å². The molecule has 2 amide bonds. The number of hydrogen-bond acceptors (Lipinski definition) is 9. The molecular weight excluding hydrogens is 280 g/mol. The standard InChI is InChI=1S/C6H2O6.C3H4N2O3/c7-1-2(8)4(10)6(12)5(11)3(1)9;1-2(6)4-5-3(7)8/h7-8H;1H3,(H,7,8)/p-3. The number of carboxylic acid groups (broad SMARTS) is 1. The zero-order valence-corrected chi connectivity index (χ0v) is 9.57. The maximum atomic E-state index is 10.4. The molecule has 0 N–H and O–H groups in total. The molecule has 0 aliphatic heterocycles. The molecule has 20 heavy (non-hydrogen) atoms. The summed E-state index contributed by atoms with van der Waals surface area (Å²) in [5, 5.41) is 35.2. The van der Waals surface area contributed by atoms with Crippen molar-refractivity contribution >= 4 is 12.0 Å². The fourth-order valence-corrected chi connectivity index (χ4v) is 0.730. The summed E-state index contributed by atoms with van der Waals surface area (Å²) in [7, 11) is 0. The zero-order chi connectivity index (χ0) is 16.0. The number of carbonyl (C=O) groups excluding carboxylic acids is 2. The van der Waals surface area contributed by atoms with Crippen LogP contribution in [0, 0.1) is 0 Å². The van der Waals surface area contributed by atoms with Gasteiger partial charge < -0.3 is 20.1 Å². The predicted octanol–water partition coefficient (Wildman–Crippen LogP) is -4.52. The number of rotatable bonds is 0. The van der Waals surface area contributed by atoms with Gasteiger partial charge in [-0.15, -0.1) is 10.2 Å². The minimum Gasteiger partial charge on any atom is -0.870 e. The quantitative estimate of drug-likeness (QED) is 0.332. The molecule has 0 aliphatic carbocycles. The second kappa shape index (κ2) is 6.63. The lowest BCUT2D eigenvalue weighted by Gasteiger charge is -2.11. The molecule has 0 radical (unpaired) electrons. The summed E-state index contributed by atoms with van der Waals surface area (Å²) in [5.41, 5.74) is -6.93. The number of azo groups is 1. The van der Waals surface area contributed by atoms with Crippen LogP contribution in [0.3, 0.4) is 0 Å². The SMILES string of the molecule is CC(=O)N=NC(=O)[O-].O=c1c([O-])c([O-])c(=O)c(=O)c1=O. The van der Waals surface area contributed by atoms with E-state index in [2.05, 4.69) is 10.2 Å². The first kappa shape index (κ1) is 16.8. The fourth-order valence-electron chi connectivity index (χ4n) is 0.730. The fraction of sp³-hybridized carbons (Fsp3) is 0.111. The molecular formula is C9H3N2O9-3. The van der Waals surface area contributed by atoms with E-state index in [1.165, 1.54) is 0 Å². The van der Waals surface area contributed by atoms with Crippen molar-refractivity contribution in [2.45, 2.75) is 6.92 Å². The minimum absolute atomic E-state index is 0.658. The summed E-state index contributed by atoms with van der Waals surface area (Å²) >= 11 is 0. The monoisotopic (exact) mass is 283 g/mol. The minimum atomic E-state index is -1.73. The Morgan fingerprint density at radius 1 is 0.800 bits per heavy atom. The first-order chi connectivity index (χ1) is 9.09. The van der Waals surface area contributed by atoms with Gasteiger partial charge in [-0.3, -0.25) is 24.0 Å². The third kappa shape index (κ3) is 4.21. The van der Waals surface area contributed by atoms with Crippen LogP contribution < -0.4 is 37.0 Å². The zero-order valence-electron chi connectivity index (χ0n) is 9.57. The maximum absolute atomic E-state index is 10.4. The Kier molecular flexibility index (Phi) is 5.55. The Balaban J connectivity index is 0.000000396. The van der Waals surface area contributed by atoms with E-state index in [1.54, 1.807) is 0 Å². The lowest BCUT2D eigenvalue weighted by Crippen LogP contribution is -2.48. The van der Waals surface area contributed by atoms with Gasteiger partial charge in [-0.25, -0.2) is 0 Å². The predicted molar refractivity (Wildman–Crippen MR) is 53.7 cm³/mol. The molecule has 1 aromatic rings. The first-order valence-corrected chi connectivity index (χ1v) is 4.48. The van der Waals surface area contributed by atoms with E-state index in [1.807, 2.05) is 0 Å². The van der Waals surface area contributed by atoms with Crippen molar-refractivity contribution in [2.75, 3.05) is 0 Å². The molecule has 0 spiro atoms. The molecule has 0 fully saturated rings. The molecule has 11 nitrogen and oxygen atoms in total. The highest BCUT2D eigenvalue weighted by atomic mass is 16.4. The van der Waals surface area contributed by atoms with Gasteiger partial charge in [0.25, 0.3) is 16.8 Å². The van der Waals surface area contributed by atoms with Crippen molar-refractivity contribution in [1.29, 1.82) is 0 Å². The lowest BCUT2D eigenvalue weighted by atomic mass is 10.3. The van der Waals surface area contributed by atoms with Gasteiger partial charge in [0.05, 0.1) is 0 Å². The Bertz CT molecular complexity index is 705. The molecule has 0 aliphatic rings. The van der Waals surface area contributed by atoms with Crippen LogP contribution in [0.15, 0.2) is 29.4 Å². The Labute approximate surface area is 107 Å². The van der Waals surface area contributed by atoms with Gasteiger partial charge in [-0.05, 0) is 0 Å². The summed E-state index contributed by atoms with van der Waals surface area (Å²) in [6, 6.07) is 0. The second-order valence-corrected chi connectivity index (χ2v) is 2.96. The molecule has 0 saturated heterocycles. The molecule has 1 aromatic carbocycles. The number of carbonyl (C=O) groups is 2. The molecule has 11 heteroatoms. The number of hydrogen-bond donors (Lipinski definition) is 0. The third-order valence-corrected chi connectivity index (χ3v) is 1.51. The number of benzene rings is 1. The van der Waals surface area contributed by atoms with E-state index >= 15 is 0 Å². The summed E-state index contributed by atoms with van der Waals surface area (Å²) in [6.07, 6.45) is -1.71. The lowest BCUT2D eigenvalue weighted by molar-refractivity contribution is -0.319. The van der Waals surface area contributed by atoms with Gasteiger partial charge in [-0.1, -0.05) is 11.5 Å². The van der Waals surface area contributed by atoms with Crippen molar-refractivity contribution in [3.63, 3.8) is 0 Å². The Hall–Kier alpha value is -3.24. The normalized spacial score (nSPS) is 9.85. The van der Waals surface area contributed by atoms with Crippen molar-refractivity contribution in [3.05, 3.63) is 40.9 Å². The second-order valence-electron chi connectivity index (χ2n) is 2.96. The molecule has 0 unspecified atom stereocenters. The summed E-state index contributed by atoms with van der Waals surface area (Å²) < 4.78 is 0. The number of nitrogens with zero attached hydrogens (tertiary/aromatic N) is 2. The molecule has 0 heterocycles. The Morgan fingerprint density at radius 3 is 1.35 bits per heavy atom. The van der Waals surface area contributed by atoms with Crippen LogP contribution in [0.4, 0.5) is 4.79 Å². The van der Waals surface area contributed by atoms with Crippen molar-refractivity contribution in [2.24, 2.45) is 10.2 Å². The highest BCUT2D eigenvalue weighted by Gasteiger charge is 2.05. The summed E-state index contributed by atoms with van der Waals surface area (Å²) in [5.74, 6) is -4.12. The highest BCUT2D eigenvalue weighted by molar-refractivity contribution is 5.75. The van der Waals surface area contributed by atoms with Crippen LogP contribution in [0.1, 0.15) is 6.92 Å². The highest BCUT2D eigenvalue weighted by Crippen LogP contribution is 1.99. The molecule has 0 bridgehead atoms. The van der Waals surface area contributed by atoms with E-state index < -0.39 is 45.2 Å². The maximum Gasteiger partial charge on any atom is 0.276 e. The topological polar surface area (TPSA) is 196 Å². The summed E-state index contributed by atoms with van der Waals surface area (Å²) in [6.45, 7) is 1.09. The van der Waals surface area contributed by atoms with Gasteiger partial charge in [0.1, 0.15) is 0 Å². The largest absolute Gasteiger partial charge is 0.870 e. The van der Waals surface area contributed by atoms with Crippen molar-refractivity contribution in [1.82, 2.24) is 0 Å². The molecule has 1 rings (SSSR count). The smallest absolute Gasteiger partial charge is 0.276 e. The Morgan fingerprint density at radius 2 is 1.15 bits per heavy atom. The van der Waals surface area contributed by atoms with E-state index in [0.29, 0.717) is 0 Å². The average Bonchev–Trinajstić information content (AvgIpc) is 2.39. The van der Waals surface area contributed by atoms with Crippen LogP contribution in [-0.2, 0) is 4.79 Å². The third-order valence-electron chi connectivity index (χ3n) is 1.51. The van der Waals surface area contributed by atoms with Gasteiger partial charge in [0.15, 0.2) is 6.09 Å². The van der Waals surface area contributed by atoms with Gasteiger partial charge >= 0.3 is 0 Å². The van der Waals surface area contributed by atoms with Crippen LogP contribution in [-0.4, -0.2) is 12.0 Å². The van der Waals surface area contributed by atoms with E-state index in [9.17, 15) is 44.1 Å². The molecule has 0 aromatic heterocycles. The van der Waals surface area contributed by atoms with Crippen molar-refractivity contribution < 1.29 is 24.9 Å². The average molecular weight is 283 g/mol. The van der Waals surface area contributed by atoms with Crippen LogP contribution >= 0.6 is 0 Å². The van der Waals surface area contributed by atoms with Gasteiger partial charge in [0.2, 0.25) is 10.9 Å². The van der Waals surface area contributed by atoms with E-state index in [4.69, 9.17) is 0 Å². The molecule has 0 saturated carbocycles. The van der Waals surface area contributed by atoms with E-state index in [-0.39, 0.29) is 0 Å². The van der Waals surface area contributed by atoms with Crippen LogP contribution in [0.2, 0.25) is 0 Å². The van der Waals surface area contributed by atoms with Crippen LogP contribution in [0.5, 0.6) is 11.5 Å². The van der Waals surface area contributed by atoms with Crippen molar-refractivity contribution in [3.8, 4) is 11.5 Å². The molecule has 106 valence electrons. The first-order valence-electron chi connectivity index (χ1n) is 4.48. The van der Waals surface area contributed by atoms with Gasteiger partial charge in [0, 0.05) is 6.92 Å². The molecule has 0 atom stereocenters.